The first-order chi connectivity index (χ1) is 9.06. The zero-order valence-electron chi connectivity index (χ0n) is 10.8. The average Bonchev–Trinajstić information content (AvgIpc) is 2.39. The molecular weight excluding hydrogens is 330 g/mol. The van der Waals surface area contributed by atoms with Gasteiger partial charge >= 0.3 is 0 Å². The molecule has 1 fully saturated rings. The normalized spacial score (nSPS) is 18.2. The van der Waals surface area contributed by atoms with Crippen molar-refractivity contribution in [1.82, 2.24) is 4.90 Å². The highest BCUT2D eigenvalue weighted by molar-refractivity contribution is 9.09. The van der Waals surface area contributed by atoms with Crippen LogP contribution >= 0.6 is 27.5 Å². The molecule has 1 atom stereocenters. The molecule has 1 aromatic carbocycles. The Morgan fingerprint density at radius 1 is 1.47 bits per heavy atom. The Balaban J connectivity index is 1.92. The van der Waals surface area contributed by atoms with Gasteiger partial charge in [-0.3, -0.25) is 4.79 Å². The van der Waals surface area contributed by atoms with Gasteiger partial charge in [0, 0.05) is 22.9 Å². The smallest absolute Gasteiger partial charge is 0.263 e. The summed E-state index contributed by atoms with van der Waals surface area (Å²) in [5.41, 5.74) is 0. The van der Waals surface area contributed by atoms with Crippen LogP contribution < -0.4 is 4.74 Å². The standard InChI is InChI=1S/C14H17BrClNO2/c1-10(19-13-4-2-3-12(16)9-13)14(18)17-7-5-11(15)6-8-17/h2-4,9-11H,5-8H2,1H3. The molecule has 1 aliphatic rings. The fourth-order valence-electron chi connectivity index (χ4n) is 2.12. The maximum atomic E-state index is 12.2. The fraction of sp³-hybridized carbons (Fsp3) is 0.500. The highest BCUT2D eigenvalue weighted by Crippen LogP contribution is 2.21. The summed E-state index contributed by atoms with van der Waals surface area (Å²) in [5, 5.41) is 0.609. The summed E-state index contributed by atoms with van der Waals surface area (Å²) in [6.07, 6.45) is 1.51. The van der Waals surface area contributed by atoms with Crippen LogP contribution in [-0.2, 0) is 4.79 Å². The summed E-state index contributed by atoms with van der Waals surface area (Å²) in [6.45, 7) is 3.36. The van der Waals surface area contributed by atoms with Crippen LogP contribution in [0.4, 0.5) is 0 Å². The van der Waals surface area contributed by atoms with Crippen LogP contribution in [0.1, 0.15) is 19.8 Å². The number of hydrogen-bond acceptors (Lipinski definition) is 2. The van der Waals surface area contributed by atoms with Crippen molar-refractivity contribution in [2.45, 2.75) is 30.7 Å². The molecule has 1 unspecified atom stereocenters. The molecule has 3 nitrogen and oxygen atoms in total. The van der Waals surface area contributed by atoms with Crippen LogP contribution in [0, 0.1) is 0 Å². The van der Waals surface area contributed by atoms with E-state index in [9.17, 15) is 4.79 Å². The topological polar surface area (TPSA) is 29.5 Å². The van der Waals surface area contributed by atoms with Crippen molar-refractivity contribution in [1.29, 1.82) is 0 Å². The summed E-state index contributed by atoms with van der Waals surface area (Å²) >= 11 is 9.47. The quantitative estimate of drug-likeness (QED) is 0.784. The molecule has 0 radical (unpaired) electrons. The lowest BCUT2D eigenvalue weighted by Crippen LogP contribution is -2.44. The minimum Gasteiger partial charge on any atom is -0.481 e. The third-order valence-electron chi connectivity index (χ3n) is 3.19. The van der Waals surface area contributed by atoms with E-state index in [0.717, 1.165) is 25.9 Å². The lowest BCUT2D eigenvalue weighted by molar-refractivity contribution is -0.138. The predicted octanol–water partition coefficient (Wildman–Crippen LogP) is 3.49. The summed E-state index contributed by atoms with van der Waals surface area (Å²) < 4.78 is 5.65. The number of alkyl halides is 1. The van der Waals surface area contributed by atoms with E-state index in [4.69, 9.17) is 16.3 Å². The van der Waals surface area contributed by atoms with Gasteiger partial charge in [0.05, 0.1) is 0 Å². The largest absolute Gasteiger partial charge is 0.481 e. The second-order valence-electron chi connectivity index (χ2n) is 4.72. The number of nitrogens with zero attached hydrogens (tertiary/aromatic N) is 1. The average molecular weight is 347 g/mol. The van der Waals surface area contributed by atoms with Crippen molar-refractivity contribution in [2.75, 3.05) is 13.1 Å². The first-order valence-corrected chi connectivity index (χ1v) is 7.70. The van der Waals surface area contributed by atoms with Gasteiger partial charge in [-0.2, -0.15) is 0 Å². The number of ether oxygens (including phenoxy) is 1. The van der Waals surface area contributed by atoms with Gasteiger partial charge in [-0.25, -0.2) is 0 Å². The number of amides is 1. The molecule has 0 N–H and O–H groups in total. The van der Waals surface area contributed by atoms with E-state index in [0.29, 0.717) is 15.6 Å². The van der Waals surface area contributed by atoms with E-state index < -0.39 is 6.10 Å². The number of carbonyl (C=O) groups excluding carboxylic acids is 1. The van der Waals surface area contributed by atoms with Gasteiger partial charge in [0.25, 0.3) is 5.91 Å². The lowest BCUT2D eigenvalue weighted by atomic mass is 10.1. The zero-order chi connectivity index (χ0) is 13.8. The van der Waals surface area contributed by atoms with Gasteiger partial charge in [0.2, 0.25) is 0 Å². The molecule has 5 heteroatoms. The summed E-state index contributed by atoms with van der Waals surface area (Å²) in [7, 11) is 0. The lowest BCUT2D eigenvalue weighted by Gasteiger charge is -2.31. The molecule has 2 rings (SSSR count). The van der Waals surface area contributed by atoms with Crippen molar-refractivity contribution >= 4 is 33.4 Å². The van der Waals surface area contributed by atoms with E-state index in [1.807, 2.05) is 11.0 Å². The molecule has 1 aliphatic heterocycles. The number of hydrogen-bond donors (Lipinski definition) is 0. The van der Waals surface area contributed by atoms with Crippen LogP contribution in [0.2, 0.25) is 5.02 Å². The molecule has 1 aromatic rings. The second kappa shape index (κ2) is 6.62. The fourth-order valence-corrected chi connectivity index (χ4v) is 2.71. The second-order valence-corrected chi connectivity index (χ2v) is 6.45. The number of rotatable bonds is 3. The maximum absolute atomic E-state index is 12.2. The first kappa shape index (κ1) is 14.7. The van der Waals surface area contributed by atoms with Gasteiger partial charge in [-0.15, -0.1) is 0 Å². The maximum Gasteiger partial charge on any atom is 0.263 e. The van der Waals surface area contributed by atoms with Gasteiger partial charge in [0.15, 0.2) is 6.10 Å². The number of piperidine rings is 1. The molecule has 104 valence electrons. The Morgan fingerprint density at radius 3 is 2.79 bits per heavy atom. The minimum atomic E-state index is -0.481. The van der Waals surface area contributed by atoms with Crippen molar-refractivity contribution < 1.29 is 9.53 Å². The van der Waals surface area contributed by atoms with Gasteiger partial charge in [0.1, 0.15) is 5.75 Å². The van der Waals surface area contributed by atoms with Crippen LogP contribution in [0.3, 0.4) is 0 Å². The Labute approximate surface area is 127 Å². The molecule has 0 aromatic heterocycles. The SMILES string of the molecule is CC(Oc1cccc(Cl)c1)C(=O)N1CCC(Br)CC1. The molecule has 0 aliphatic carbocycles. The Bertz CT molecular complexity index is 447. The van der Waals surface area contributed by atoms with Crippen molar-refractivity contribution in [3.05, 3.63) is 29.3 Å². The number of benzene rings is 1. The Morgan fingerprint density at radius 2 is 2.16 bits per heavy atom. The predicted molar refractivity (Wildman–Crippen MR) is 80.1 cm³/mol. The van der Waals surface area contributed by atoms with Crippen LogP contribution in [0.15, 0.2) is 24.3 Å². The third-order valence-corrected chi connectivity index (χ3v) is 4.34. The highest BCUT2D eigenvalue weighted by Gasteiger charge is 2.26. The highest BCUT2D eigenvalue weighted by atomic mass is 79.9. The first-order valence-electron chi connectivity index (χ1n) is 6.41. The zero-order valence-corrected chi connectivity index (χ0v) is 13.2. The molecule has 19 heavy (non-hydrogen) atoms. The van der Waals surface area contributed by atoms with E-state index in [-0.39, 0.29) is 5.91 Å². The van der Waals surface area contributed by atoms with Gasteiger partial charge < -0.3 is 9.64 Å². The molecule has 1 amide bonds. The summed E-state index contributed by atoms with van der Waals surface area (Å²) in [6, 6.07) is 7.11. The van der Waals surface area contributed by atoms with Crippen molar-refractivity contribution in [2.24, 2.45) is 0 Å². The molecule has 1 saturated heterocycles. The minimum absolute atomic E-state index is 0.0411. The van der Waals surface area contributed by atoms with Crippen LogP contribution in [-0.4, -0.2) is 34.8 Å². The van der Waals surface area contributed by atoms with Crippen molar-refractivity contribution in [3.8, 4) is 5.75 Å². The number of likely N-dealkylation sites (tertiary alicyclic amines) is 1. The van der Waals surface area contributed by atoms with Crippen LogP contribution in [0.5, 0.6) is 5.75 Å². The van der Waals surface area contributed by atoms with E-state index >= 15 is 0 Å². The molecular formula is C14H17BrClNO2. The van der Waals surface area contributed by atoms with Gasteiger partial charge in [-0.1, -0.05) is 33.6 Å². The Hall–Kier alpha value is -0.740. The van der Waals surface area contributed by atoms with Crippen molar-refractivity contribution in [3.63, 3.8) is 0 Å². The summed E-state index contributed by atoms with van der Waals surface area (Å²) in [5.74, 6) is 0.670. The van der Waals surface area contributed by atoms with E-state index in [2.05, 4.69) is 15.9 Å². The van der Waals surface area contributed by atoms with Crippen LogP contribution in [0.25, 0.3) is 0 Å². The molecule has 0 bridgehead atoms. The Kier molecular flexibility index (Phi) is 5.11. The third kappa shape index (κ3) is 4.11. The molecule has 1 heterocycles. The van der Waals surface area contributed by atoms with Gasteiger partial charge in [-0.05, 0) is 38.0 Å². The number of carbonyl (C=O) groups is 1. The molecule has 0 saturated carbocycles. The molecule has 0 spiro atoms. The number of halogens is 2. The monoisotopic (exact) mass is 345 g/mol. The summed E-state index contributed by atoms with van der Waals surface area (Å²) in [4.78, 5) is 14.6. The van der Waals surface area contributed by atoms with E-state index in [1.165, 1.54) is 0 Å². The van der Waals surface area contributed by atoms with E-state index in [1.54, 1.807) is 25.1 Å².